The van der Waals surface area contributed by atoms with Crippen LogP contribution in [0.1, 0.15) is 12.2 Å². The lowest BCUT2D eigenvalue weighted by molar-refractivity contribution is 0.677. The van der Waals surface area contributed by atoms with E-state index < -0.39 is 0 Å². The van der Waals surface area contributed by atoms with E-state index in [0.29, 0.717) is 6.54 Å². The second-order valence-electron chi connectivity index (χ2n) is 4.89. The van der Waals surface area contributed by atoms with Crippen molar-refractivity contribution < 1.29 is 0 Å². The Hall–Kier alpha value is -2.02. The van der Waals surface area contributed by atoms with Crippen LogP contribution in [0.15, 0.2) is 34.2 Å². The number of aryl methyl sites for hydroxylation is 2. The lowest BCUT2D eigenvalue weighted by Crippen LogP contribution is -2.17. The molecule has 0 unspecified atom stereocenters. The van der Waals surface area contributed by atoms with Crippen LogP contribution in [0.25, 0.3) is 11.0 Å². The molecule has 3 aromatic rings. The minimum atomic E-state index is -0.0456. The summed E-state index contributed by atoms with van der Waals surface area (Å²) in [5.74, 6) is 1.81. The Bertz CT molecular complexity index is 816. The fraction of sp³-hybridized carbons (Fsp3) is 0.357. The molecule has 0 saturated carbocycles. The largest absolute Gasteiger partial charge is 0.326 e. The highest BCUT2D eigenvalue weighted by Crippen LogP contribution is 2.17. The summed E-state index contributed by atoms with van der Waals surface area (Å²) in [6.45, 7) is 2.63. The van der Waals surface area contributed by atoms with E-state index in [1.165, 1.54) is 0 Å². The molecule has 2 aromatic heterocycles. The number of thioether (sulfide) groups is 1. The van der Waals surface area contributed by atoms with Crippen molar-refractivity contribution >= 4 is 22.8 Å². The predicted molar refractivity (Wildman–Crippen MR) is 83.6 cm³/mol. The minimum absolute atomic E-state index is 0.0456. The third-order valence-electron chi connectivity index (χ3n) is 3.49. The van der Waals surface area contributed by atoms with Crippen molar-refractivity contribution in [3.8, 4) is 0 Å². The zero-order valence-electron chi connectivity index (χ0n) is 12.0. The van der Waals surface area contributed by atoms with Crippen LogP contribution in [-0.4, -0.2) is 30.1 Å². The van der Waals surface area contributed by atoms with Crippen molar-refractivity contribution in [3.63, 3.8) is 0 Å². The van der Waals surface area contributed by atoms with Crippen molar-refractivity contribution in [1.82, 2.24) is 24.3 Å². The molecule has 0 saturated heterocycles. The van der Waals surface area contributed by atoms with E-state index in [0.717, 1.165) is 34.2 Å². The van der Waals surface area contributed by atoms with Crippen LogP contribution in [0.3, 0.4) is 0 Å². The van der Waals surface area contributed by atoms with Gasteiger partial charge in [0.05, 0.1) is 11.0 Å². The van der Waals surface area contributed by atoms with Gasteiger partial charge in [-0.3, -0.25) is 4.57 Å². The zero-order chi connectivity index (χ0) is 14.8. The first-order chi connectivity index (χ1) is 10.2. The van der Waals surface area contributed by atoms with Gasteiger partial charge in [0.2, 0.25) is 0 Å². The lowest BCUT2D eigenvalue weighted by Gasteiger charge is -2.03. The Morgan fingerprint density at radius 1 is 1.29 bits per heavy atom. The van der Waals surface area contributed by atoms with Gasteiger partial charge in [-0.25, -0.2) is 4.79 Å². The summed E-state index contributed by atoms with van der Waals surface area (Å²) in [7, 11) is 1.96. The number of imidazole rings is 1. The first kappa shape index (κ1) is 13.9. The average molecular weight is 303 g/mol. The highest BCUT2D eigenvalue weighted by atomic mass is 32.2. The average Bonchev–Trinajstić information content (AvgIpc) is 2.97. The van der Waals surface area contributed by atoms with Crippen LogP contribution in [-0.2, 0) is 13.6 Å². The van der Waals surface area contributed by atoms with E-state index in [-0.39, 0.29) is 5.69 Å². The van der Waals surface area contributed by atoms with Gasteiger partial charge in [0.1, 0.15) is 5.82 Å². The van der Waals surface area contributed by atoms with Crippen molar-refractivity contribution in [2.45, 2.75) is 25.0 Å². The maximum absolute atomic E-state index is 11.9. The van der Waals surface area contributed by atoms with Gasteiger partial charge in [0, 0.05) is 19.3 Å². The highest BCUT2D eigenvalue weighted by molar-refractivity contribution is 7.99. The minimum Gasteiger partial charge on any atom is -0.309 e. The molecule has 0 radical (unpaired) electrons. The lowest BCUT2D eigenvalue weighted by atomic mass is 10.3. The second kappa shape index (κ2) is 5.77. The quantitative estimate of drug-likeness (QED) is 0.578. The van der Waals surface area contributed by atoms with Gasteiger partial charge in [-0.1, -0.05) is 23.9 Å². The SMILES string of the molecule is Cc1nnc(SCCCn2c(=O)[nH]c3ccccc32)n1C. The maximum atomic E-state index is 11.9. The summed E-state index contributed by atoms with van der Waals surface area (Å²) in [6.07, 6.45) is 0.901. The molecule has 0 aliphatic heterocycles. The monoisotopic (exact) mass is 303 g/mol. The number of hydrogen-bond donors (Lipinski definition) is 1. The first-order valence-corrected chi connectivity index (χ1v) is 7.81. The van der Waals surface area contributed by atoms with Crippen LogP contribution in [0.4, 0.5) is 0 Å². The molecular weight excluding hydrogens is 286 g/mol. The van der Waals surface area contributed by atoms with Crippen molar-refractivity contribution in [3.05, 3.63) is 40.6 Å². The van der Waals surface area contributed by atoms with Gasteiger partial charge in [-0.2, -0.15) is 0 Å². The fourth-order valence-electron chi connectivity index (χ4n) is 2.23. The molecule has 110 valence electrons. The number of fused-ring (bicyclic) bond motifs is 1. The zero-order valence-corrected chi connectivity index (χ0v) is 12.9. The Labute approximate surface area is 126 Å². The molecule has 2 heterocycles. The number of aromatic nitrogens is 5. The molecule has 1 N–H and O–H groups in total. The Kier molecular flexibility index (Phi) is 3.83. The van der Waals surface area contributed by atoms with Crippen LogP contribution >= 0.6 is 11.8 Å². The number of H-pyrrole nitrogens is 1. The number of hydrogen-bond acceptors (Lipinski definition) is 4. The number of aromatic amines is 1. The number of benzene rings is 1. The van der Waals surface area contributed by atoms with E-state index in [1.54, 1.807) is 16.3 Å². The summed E-state index contributed by atoms with van der Waals surface area (Å²) in [4.78, 5) is 14.8. The van der Waals surface area contributed by atoms with Crippen LogP contribution in [0.2, 0.25) is 0 Å². The molecule has 0 aliphatic carbocycles. The normalized spacial score (nSPS) is 11.3. The molecular formula is C14H17N5OS. The molecule has 0 atom stereocenters. The standard InChI is InChI=1S/C14H17N5OS/c1-10-16-17-14(18(10)2)21-9-5-8-19-12-7-4-3-6-11(12)15-13(19)20/h3-4,6-7H,5,8-9H2,1-2H3,(H,15,20). The van der Waals surface area contributed by atoms with Crippen molar-refractivity contribution in [1.29, 1.82) is 0 Å². The summed E-state index contributed by atoms with van der Waals surface area (Å²) >= 11 is 1.66. The van der Waals surface area contributed by atoms with E-state index in [9.17, 15) is 4.79 Å². The van der Waals surface area contributed by atoms with E-state index >= 15 is 0 Å². The van der Waals surface area contributed by atoms with Gasteiger partial charge >= 0.3 is 5.69 Å². The molecule has 6 nitrogen and oxygen atoms in total. The summed E-state index contributed by atoms with van der Waals surface area (Å²) in [5.41, 5.74) is 1.80. The van der Waals surface area contributed by atoms with Gasteiger partial charge in [-0.05, 0) is 25.5 Å². The molecule has 1 aromatic carbocycles. The second-order valence-corrected chi connectivity index (χ2v) is 5.95. The van der Waals surface area contributed by atoms with Gasteiger partial charge in [-0.15, -0.1) is 10.2 Å². The maximum Gasteiger partial charge on any atom is 0.326 e. The van der Waals surface area contributed by atoms with Crippen LogP contribution < -0.4 is 5.69 Å². The summed E-state index contributed by atoms with van der Waals surface area (Å²) in [6, 6.07) is 7.76. The van der Waals surface area contributed by atoms with Gasteiger partial charge < -0.3 is 9.55 Å². The smallest absolute Gasteiger partial charge is 0.309 e. The molecule has 0 aliphatic rings. The van der Waals surface area contributed by atoms with E-state index in [1.807, 2.05) is 42.8 Å². The highest BCUT2D eigenvalue weighted by Gasteiger charge is 2.07. The Balaban J connectivity index is 1.63. The van der Waals surface area contributed by atoms with E-state index in [2.05, 4.69) is 15.2 Å². The van der Waals surface area contributed by atoms with Crippen molar-refractivity contribution in [2.75, 3.05) is 5.75 Å². The van der Waals surface area contributed by atoms with E-state index in [4.69, 9.17) is 0 Å². The Morgan fingerprint density at radius 3 is 2.86 bits per heavy atom. The molecule has 0 amide bonds. The third kappa shape index (κ3) is 2.73. The predicted octanol–water partition coefficient (Wildman–Crippen LogP) is 1.95. The van der Waals surface area contributed by atoms with Gasteiger partial charge in [0.15, 0.2) is 5.16 Å². The Morgan fingerprint density at radius 2 is 2.10 bits per heavy atom. The summed E-state index contributed by atoms with van der Waals surface area (Å²) < 4.78 is 3.76. The number of rotatable bonds is 5. The molecule has 7 heteroatoms. The van der Waals surface area contributed by atoms with Crippen LogP contribution in [0, 0.1) is 6.92 Å². The first-order valence-electron chi connectivity index (χ1n) is 6.83. The van der Waals surface area contributed by atoms with Crippen molar-refractivity contribution in [2.24, 2.45) is 7.05 Å². The molecule has 0 spiro atoms. The molecule has 21 heavy (non-hydrogen) atoms. The number of para-hydroxylation sites is 2. The fourth-order valence-corrected chi connectivity index (χ4v) is 3.11. The topological polar surface area (TPSA) is 68.5 Å². The summed E-state index contributed by atoms with van der Waals surface area (Å²) in [5, 5.41) is 9.07. The molecule has 0 fully saturated rings. The molecule has 0 bridgehead atoms. The van der Waals surface area contributed by atoms with Crippen LogP contribution in [0.5, 0.6) is 0 Å². The number of nitrogens with zero attached hydrogens (tertiary/aromatic N) is 4. The third-order valence-corrected chi connectivity index (χ3v) is 4.60. The number of nitrogens with one attached hydrogen (secondary N) is 1. The molecule has 3 rings (SSSR count). The van der Waals surface area contributed by atoms with Gasteiger partial charge in [0.25, 0.3) is 0 Å².